The van der Waals surface area contributed by atoms with Crippen LogP contribution in [0.4, 0.5) is 10.8 Å². The van der Waals surface area contributed by atoms with Crippen molar-refractivity contribution >= 4 is 28.1 Å². The molecule has 1 aromatic carbocycles. The average Bonchev–Trinajstić information content (AvgIpc) is 2.90. The number of hydrogen-bond acceptors (Lipinski definition) is 5. The normalized spacial score (nSPS) is 10.8. The predicted octanol–water partition coefficient (Wildman–Crippen LogP) is 4.57. The van der Waals surface area contributed by atoms with Crippen LogP contribution in [0.3, 0.4) is 0 Å². The smallest absolute Gasteiger partial charge is 0.347 e. The van der Waals surface area contributed by atoms with Crippen molar-refractivity contribution in [1.82, 2.24) is 4.98 Å². The van der Waals surface area contributed by atoms with Crippen molar-refractivity contribution in [2.24, 2.45) is 5.92 Å². The molecular weight excluding hydrogens is 312 g/mol. The number of anilines is 2. The summed E-state index contributed by atoms with van der Waals surface area (Å²) in [5.74, 6) is 0.382. The summed E-state index contributed by atoms with van der Waals surface area (Å²) in [5.41, 5.74) is 1.50. The van der Waals surface area contributed by atoms with Gasteiger partial charge in [0.2, 0.25) is 0 Å². The summed E-state index contributed by atoms with van der Waals surface area (Å²) in [7, 11) is 0. The Morgan fingerprint density at radius 1 is 1.35 bits per heavy atom. The van der Waals surface area contributed by atoms with E-state index in [4.69, 9.17) is 4.74 Å². The second-order valence-corrected chi connectivity index (χ2v) is 6.70. The molecule has 0 atom stereocenters. The van der Waals surface area contributed by atoms with Crippen LogP contribution in [0.2, 0.25) is 0 Å². The standard InChI is InChI=1S/C17H22N2O3S/c1-4-5-14-15(16(20)21)23-17(19-14)18-12-6-8-13(9-7-12)22-10-11(2)3/h6-9,11H,4-5,10H2,1-3H3,(H,18,19)(H,20,21). The van der Waals surface area contributed by atoms with Crippen LogP contribution in [0.5, 0.6) is 5.75 Å². The molecule has 0 aliphatic carbocycles. The number of benzene rings is 1. The fraction of sp³-hybridized carbons (Fsp3) is 0.412. The van der Waals surface area contributed by atoms with Crippen LogP contribution in [0, 0.1) is 5.92 Å². The van der Waals surface area contributed by atoms with E-state index in [0.29, 0.717) is 34.6 Å². The number of aromatic nitrogens is 1. The third-order valence-corrected chi connectivity index (χ3v) is 4.07. The van der Waals surface area contributed by atoms with Crippen molar-refractivity contribution in [2.75, 3.05) is 11.9 Å². The van der Waals surface area contributed by atoms with Crippen molar-refractivity contribution in [1.29, 1.82) is 0 Å². The van der Waals surface area contributed by atoms with Gasteiger partial charge in [-0.25, -0.2) is 9.78 Å². The van der Waals surface area contributed by atoms with Crippen molar-refractivity contribution in [2.45, 2.75) is 33.6 Å². The van der Waals surface area contributed by atoms with Crippen LogP contribution in [-0.2, 0) is 6.42 Å². The molecule has 23 heavy (non-hydrogen) atoms. The molecule has 124 valence electrons. The molecule has 2 N–H and O–H groups in total. The van der Waals surface area contributed by atoms with E-state index < -0.39 is 5.97 Å². The first-order valence-electron chi connectivity index (χ1n) is 7.72. The highest BCUT2D eigenvalue weighted by Crippen LogP contribution is 2.28. The number of carboxylic acids is 1. The summed E-state index contributed by atoms with van der Waals surface area (Å²) in [6.07, 6.45) is 1.53. The third-order valence-electron chi connectivity index (χ3n) is 3.07. The van der Waals surface area contributed by atoms with Crippen LogP contribution < -0.4 is 10.1 Å². The van der Waals surface area contributed by atoms with E-state index in [-0.39, 0.29) is 0 Å². The first-order chi connectivity index (χ1) is 11.0. The van der Waals surface area contributed by atoms with Gasteiger partial charge in [0.15, 0.2) is 5.13 Å². The molecule has 2 rings (SSSR count). The van der Waals surface area contributed by atoms with E-state index in [2.05, 4.69) is 24.1 Å². The SMILES string of the molecule is CCCc1nc(Nc2ccc(OCC(C)C)cc2)sc1C(=O)O. The maximum absolute atomic E-state index is 11.3. The highest BCUT2D eigenvalue weighted by molar-refractivity contribution is 7.17. The monoisotopic (exact) mass is 334 g/mol. The van der Waals surface area contributed by atoms with E-state index >= 15 is 0 Å². The first-order valence-corrected chi connectivity index (χ1v) is 8.54. The van der Waals surface area contributed by atoms with E-state index in [1.54, 1.807) is 0 Å². The first kappa shape index (κ1) is 17.3. The van der Waals surface area contributed by atoms with Gasteiger partial charge < -0.3 is 15.2 Å². The summed E-state index contributed by atoms with van der Waals surface area (Å²) in [6.45, 7) is 6.90. The molecule has 1 heterocycles. The number of carboxylic acid groups (broad SMARTS) is 1. The van der Waals surface area contributed by atoms with Crippen molar-refractivity contribution in [3.8, 4) is 5.75 Å². The van der Waals surface area contributed by atoms with Gasteiger partial charge >= 0.3 is 5.97 Å². The van der Waals surface area contributed by atoms with E-state index in [1.807, 2.05) is 31.2 Å². The second kappa shape index (κ2) is 7.97. The van der Waals surface area contributed by atoms with Gasteiger partial charge in [-0.1, -0.05) is 38.5 Å². The molecule has 0 fully saturated rings. The van der Waals surface area contributed by atoms with Crippen molar-refractivity contribution in [3.05, 3.63) is 34.8 Å². The van der Waals surface area contributed by atoms with Crippen LogP contribution >= 0.6 is 11.3 Å². The van der Waals surface area contributed by atoms with Crippen molar-refractivity contribution < 1.29 is 14.6 Å². The highest BCUT2D eigenvalue weighted by Gasteiger charge is 2.16. The van der Waals surface area contributed by atoms with Gasteiger partial charge in [0.05, 0.1) is 12.3 Å². The Bertz CT molecular complexity index is 650. The van der Waals surface area contributed by atoms with Gasteiger partial charge in [-0.05, 0) is 36.6 Å². The Kier molecular flexibility index (Phi) is 5.98. The molecule has 2 aromatic rings. The quantitative estimate of drug-likeness (QED) is 0.740. The Labute approximate surface area is 140 Å². The zero-order valence-corrected chi connectivity index (χ0v) is 14.4. The molecule has 0 aliphatic heterocycles. The Morgan fingerprint density at radius 2 is 2.04 bits per heavy atom. The van der Waals surface area contributed by atoms with Gasteiger partial charge in [-0.2, -0.15) is 0 Å². The lowest BCUT2D eigenvalue weighted by Gasteiger charge is -2.09. The number of thiazole rings is 1. The molecule has 0 radical (unpaired) electrons. The molecule has 0 aliphatic rings. The minimum absolute atomic E-state index is 0.311. The molecule has 0 bridgehead atoms. The van der Waals surface area contributed by atoms with E-state index in [9.17, 15) is 9.90 Å². The summed E-state index contributed by atoms with van der Waals surface area (Å²) >= 11 is 1.17. The molecule has 0 amide bonds. The average molecular weight is 334 g/mol. The lowest BCUT2D eigenvalue weighted by molar-refractivity contribution is 0.0700. The Balaban J connectivity index is 2.07. The summed E-state index contributed by atoms with van der Waals surface area (Å²) < 4.78 is 5.64. The van der Waals surface area contributed by atoms with Gasteiger partial charge in [0.1, 0.15) is 10.6 Å². The highest BCUT2D eigenvalue weighted by atomic mass is 32.1. The molecular formula is C17H22N2O3S. The summed E-state index contributed by atoms with van der Waals surface area (Å²) in [5, 5.41) is 13.0. The van der Waals surface area contributed by atoms with Gasteiger partial charge in [-0.15, -0.1) is 0 Å². The van der Waals surface area contributed by atoms with Crippen molar-refractivity contribution in [3.63, 3.8) is 0 Å². The molecule has 0 unspecified atom stereocenters. The van der Waals surface area contributed by atoms with Gasteiger partial charge in [-0.3, -0.25) is 0 Å². The fourth-order valence-electron chi connectivity index (χ4n) is 2.00. The molecule has 5 nitrogen and oxygen atoms in total. The molecule has 0 spiro atoms. The zero-order valence-electron chi connectivity index (χ0n) is 13.6. The number of nitrogens with zero attached hydrogens (tertiary/aromatic N) is 1. The maximum atomic E-state index is 11.3. The summed E-state index contributed by atoms with van der Waals surface area (Å²) in [6, 6.07) is 7.58. The molecule has 1 aromatic heterocycles. The molecule has 6 heteroatoms. The van der Waals surface area contributed by atoms with Crippen LogP contribution in [-0.4, -0.2) is 22.7 Å². The molecule has 0 saturated carbocycles. The Hall–Kier alpha value is -2.08. The number of carbonyl (C=O) groups is 1. The minimum Gasteiger partial charge on any atom is -0.493 e. The number of ether oxygens (including phenoxy) is 1. The van der Waals surface area contributed by atoms with E-state index in [1.165, 1.54) is 11.3 Å². The Morgan fingerprint density at radius 3 is 2.61 bits per heavy atom. The van der Waals surface area contributed by atoms with Crippen LogP contribution in [0.15, 0.2) is 24.3 Å². The zero-order chi connectivity index (χ0) is 16.8. The number of hydrogen-bond donors (Lipinski definition) is 2. The lowest BCUT2D eigenvalue weighted by atomic mass is 10.2. The molecule has 0 saturated heterocycles. The lowest BCUT2D eigenvalue weighted by Crippen LogP contribution is -2.04. The second-order valence-electron chi connectivity index (χ2n) is 5.70. The summed E-state index contributed by atoms with van der Waals surface area (Å²) in [4.78, 5) is 16.0. The number of aryl methyl sites for hydroxylation is 1. The number of aromatic carboxylic acids is 1. The number of rotatable bonds is 8. The van der Waals surface area contributed by atoms with Crippen LogP contribution in [0.25, 0.3) is 0 Å². The predicted molar refractivity (Wildman–Crippen MR) is 93.1 cm³/mol. The fourth-order valence-corrected chi connectivity index (χ4v) is 2.87. The maximum Gasteiger partial charge on any atom is 0.347 e. The van der Waals surface area contributed by atoms with Gasteiger partial charge in [0, 0.05) is 5.69 Å². The number of nitrogens with one attached hydrogen (secondary N) is 1. The largest absolute Gasteiger partial charge is 0.493 e. The van der Waals surface area contributed by atoms with E-state index in [0.717, 1.165) is 17.9 Å². The van der Waals surface area contributed by atoms with Crippen LogP contribution in [0.1, 0.15) is 42.6 Å². The topological polar surface area (TPSA) is 71.5 Å². The van der Waals surface area contributed by atoms with Gasteiger partial charge in [0.25, 0.3) is 0 Å². The minimum atomic E-state index is -0.920. The third kappa shape index (κ3) is 4.96.